The van der Waals surface area contributed by atoms with Crippen LogP contribution in [0.3, 0.4) is 0 Å². The van der Waals surface area contributed by atoms with Crippen LogP contribution in [0.1, 0.15) is 11.1 Å². The predicted molar refractivity (Wildman–Crippen MR) is 94.2 cm³/mol. The van der Waals surface area contributed by atoms with E-state index in [9.17, 15) is 4.79 Å². The van der Waals surface area contributed by atoms with E-state index in [0.717, 1.165) is 16.8 Å². The molecule has 0 fully saturated rings. The largest absolute Gasteiger partial charge is 0.274 e. The SMILES string of the molecule is CSc1nccc(=O)n1N=C(c1ccccc1)c1ccccc1. The van der Waals surface area contributed by atoms with Gasteiger partial charge < -0.3 is 0 Å². The van der Waals surface area contributed by atoms with Crippen molar-refractivity contribution in [1.82, 2.24) is 9.66 Å². The lowest BCUT2D eigenvalue weighted by atomic mass is 10.0. The molecule has 0 spiro atoms. The number of nitrogens with zero attached hydrogens (tertiary/aromatic N) is 3. The molecule has 0 bridgehead atoms. The van der Waals surface area contributed by atoms with Crippen molar-refractivity contribution in [2.45, 2.75) is 5.16 Å². The minimum atomic E-state index is -0.200. The highest BCUT2D eigenvalue weighted by Crippen LogP contribution is 2.14. The van der Waals surface area contributed by atoms with Gasteiger partial charge in [0.15, 0.2) is 5.16 Å². The van der Waals surface area contributed by atoms with Gasteiger partial charge >= 0.3 is 0 Å². The molecule has 0 amide bonds. The fraction of sp³-hybridized carbons (Fsp3) is 0.0556. The van der Waals surface area contributed by atoms with E-state index < -0.39 is 0 Å². The first kappa shape index (κ1) is 15.2. The number of hydrogen-bond acceptors (Lipinski definition) is 4. The number of rotatable bonds is 4. The van der Waals surface area contributed by atoms with Gasteiger partial charge in [-0.3, -0.25) is 4.79 Å². The molecule has 0 radical (unpaired) electrons. The predicted octanol–water partition coefficient (Wildman–Crippen LogP) is 3.27. The molecule has 0 saturated carbocycles. The number of thioether (sulfide) groups is 1. The Morgan fingerprint density at radius 1 is 0.957 bits per heavy atom. The van der Waals surface area contributed by atoms with E-state index in [2.05, 4.69) is 10.1 Å². The summed E-state index contributed by atoms with van der Waals surface area (Å²) < 4.78 is 1.35. The van der Waals surface area contributed by atoms with Crippen molar-refractivity contribution in [3.05, 3.63) is 94.4 Å². The fourth-order valence-corrected chi connectivity index (χ4v) is 2.66. The van der Waals surface area contributed by atoms with E-state index in [0.29, 0.717) is 5.16 Å². The molecule has 1 aromatic heterocycles. The fourth-order valence-electron chi connectivity index (χ4n) is 2.19. The number of aromatic nitrogens is 2. The second-order valence-corrected chi connectivity index (χ2v) is 5.54. The van der Waals surface area contributed by atoms with E-state index in [1.54, 1.807) is 0 Å². The third kappa shape index (κ3) is 3.40. The van der Waals surface area contributed by atoms with Gasteiger partial charge in [0.1, 0.15) is 0 Å². The molecule has 0 aliphatic heterocycles. The Bertz CT molecular complexity index is 832. The highest BCUT2D eigenvalue weighted by Gasteiger charge is 2.09. The number of hydrogen-bond donors (Lipinski definition) is 0. The van der Waals surface area contributed by atoms with E-state index in [1.165, 1.54) is 28.7 Å². The smallest absolute Gasteiger partial charge is 0.267 e. The van der Waals surface area contributed by atoms with Gasteiger partial charge in [-0.05, 0) is 6.26 Å². The van der Waals surface area contributed by atoms with Crippen LogP contribution in [0, 0.1) is 0 Å². The summed E-state index contributed by atoms with van der Waals surface area (Å²) in [5.41, 5.74) is 2.42. The van der Waals surface area contributed by atoms with Gasteiger partial charge in [-0.15, -0.1) is 0 Å². The average molecular weight is 321 g/mol. The zero-order chi connectivity index (χ0) is 16.1. The molecule has 0 unspecified atom stereocenters. The zero-order valence-electron chi connectivity index (χ0n) is 12.6. The van der Waals surface area contributed by atoms with E-state index >= 15 is 0 Å². The van der Waals surface area contributed by atoms with E-state index in [4.69, 9.17) is 0 Å². The third-order valence-electron chi connectivity index (χ3n) is 3.27. The molecular weight excluding hydrogens is 306 g/mol. The van der Waals surface area contributed by atoms with Gasteiger partial charge in [0.2, 0.25) is 0 Å². The minimum Gasteiger partial charge on any atom is -0.267 e. The summed E-state index contributed by atoms with van der Waals surface area (Å²) in [5.74, 6) is 0. The molecule has 0 N–H and O–H groups in total. The second-order valence-electron chi connectivity index (χ2n) is 4.76. The molecule has 5 heteroatoms. The quantitative estimate of drug-likeness (QED) is 0.421. The van der Waals surface area contributed by atoms with E-state index in [1.807, 2.05) is 66.9 Å². The van der Waals surface area contributed by atoms with Gasteiger partial charge in [-0.1, -0.05) is 72.4 Å². The van der Waals surface area contributed by atoms with Crippen molar-refractivity contribution in [3.8, 4) is 0 Å². The van der Waals surface area contributed by atoms with Crippen LogP contribution >= 0.6 is 11.8 Å². The maximum Gasteiger partial charge on any atom is 0.274 e. The normalized spacial score (nSPS) is 10.3. The van der Waals surface area contributed by atoms with Crippen LogP contribution < -0.4 is 5.56 Å². The first-order valence-corrected chi connectivity index (χ1v) is 8.34. The molecule has 0 saturated heterocycles. The van der Waals surface area contributed by atoms with Crippen molar-refractivity contribution < 1.29 is 0 Å². The van der Waals surface area contributed by atoms with Gasteiger partial charge in [-0.2, -0.15) is 9.78 Å². The molecule has 4 nitrogen and oxygen atoms in total. The van der Waals surface area contributed by atoms with Crippen molar-refractivity contribution in [2.75, 3.05) is 6.26 Å². The lowest BCUT2D eigenvalue weighted by Crippen LogP contribution is -2.20. The molecule has 2 aromatic carbocycles. The molecular formula is C18H15N3OS. The summed E-state index contributed by atoms with van der Waals surface area (Å²) in [4.78, 5) is 16.4. The highest BCUT2D eigenvalue weighted by molar-refractivity contribution is 7.98. The third-order valence-corrected chi connectivity index (χ3v) is 3.91. The van der Waals surface area contributed by atoms with Crippen LogP contribution in [0.15, 0.2) is 88.0 Å². The summed E-state index contributed by atoms with van der Waals surface area (Å²) in [6, 6.07) is 21.0. The summed E-state index contributed by atoms with van der Waals surface area (Å²) in [7, 11) is 0. The van der Waals surface area contributed by atoms with Gasteiger partial charge in [0, 0.05) is 23.4 Å². The Balaban J connectivity index is 2.23. The lowest BCUT2D eigenvalue weighted by Gasteiger charge is -2.10. The molecule has 3 aromatic rings. The van der Waals surface area contributed by atoms with Crippen molar-refractivity contribution in [1.29, 1.82) is 0 Å². The van der Waals surface area contributed by atoms with Crippen molar-refractivity contribution in [2.24, 2.45) is 5.10 Å². The first-order valence-electron chi connectivity index (χ1n) is 7.11. The van der Waals surface area contributed by atoms with Crippen LogP contribution in [-0.2, 0) is 0 Å². The van der Waals surface area contributed by atoms with Crippen LogP contribution in [0.5, 0.6) is 0 Å². The van der Waals surface area contributed by atoms with Gasteiger partial charge in [0.25, 0.3) is 5.56 Å². The van der Waals surface area contributed by atoms with Gasteiger partial charge in [-0.25, -0.2) is 4.98 Å². The molecule has 1 heterocycles. The zero-order valence-corrected chi connectivity index (χ0v) is 13.4. The maximum atomic E-state index is 12.2. The Hall–Kier alpha value is -2.66. The summed E-state index contributed by atoms with van der Waals surface area (Å²) >= 11 is 1.39. The first-order chi connectivity index (χ1) is 11.3. The molecule has 23 heavy (non-hydrogen) atoms. The Labute approximate surface area is 138 Å². The molecule has 0 aliphatic rings. The monoisotopic (exact) mass is 321 g/mol. The standard InChI is InChI=1S/C18H15N3OS/c1-23-18-19-13-12-16(22)21(18)20-17(14-8-4-2-5-9-14)15-10-6-3-7-11-15/h2-13H,1H3. The van der Waals surface area contributed by atoms with Crippen LogP contribution in [0.25, 0.3) is 0 Å². The van der Waals surface area contributed by atoms with Crippen molar-refractivity contribution in [3.63, 3.8) is 0 Å². The molecule has 0 atom stereocenters. The summed E-state index contributed by atoms with van der Waals surface area (Å²) in [5, 5.41) is 5.16. The van der Waals surface area contributed by atoms with E-state index in [-0.39, 0.29) is 5.56 Å². The maximum absolute atomic E-state index is 12.2. The minimum absolute atomic E-state index is 0.200. The second kappa shape index (κ2) is 7.07. The van der Waals surface area contributed by atoms with Crippen molar-refractivity contribution >= 4 is 17.5 Å². The topological polar surface area (TPSA) is 47.2 Å². The van der Waals surface area contributed by atoms with Crippen LogP contribution in [0.4, 0.5) is 0 Å². The van der Waals surface area contributed by atoms with Crippen LogP contribution in [-0.4, -0.2) is 21.6 Å². The average Bonchev–Trinajstić information content (AvgIpc) is 2.62. The Kier molecular flexibility index (Phi) is 4.68. The Morgan fingerprint density at radius 2 is 1.52 bits per heavy atom. The number of benzene rings is 2. The molecule has 0 aliphatic carbocycles. The molecule has 3 rings (SSSR count). The summed E-state index contributed by atoms with van der Waals surface area (Å²) in [6.07, 6.45) is 3.38. The van der Waals surface area contributed by atoms with Gasteiger partial charge in [0.05, 0.1) is 5.71 Å². The summed E-state index contributed by atoms with van der Waals surface area (Å²) in [6.45, 7) is 0. The molecule has 114 valence electrons. The highest BCUT2D eigenvalue weighted by atomic mass is 32.2. The Morgan fingerprint density at radius 3 is 2.04 bits per heavy atom. The lowest BCUT2D eigenvalue weighted by molar-refractivity contribution is 0.689. The van der Waals surface area contributed by atoms with Crippen LogP contribution in [0.2, 0.25) is 0 Å².